The zero-order chi connectivity index (χ0) is 15.4. The van der Waals surface area contributed by atoms with E-state index >= 15 is 0 Å². The molecule has 0 unspecified atom stereocenters. The zero-order valence-electron chi connectivity index (χ0n) is 14.2. The Balaban J connectivity index is 1.55. The highest BCUT2D eigenvalue weighted by Gasteiger charge is 2.21. The molecule has 2 saturated carbocycles. The summed E-state index contributed by atoms with van der Waals surface area (Å²) in [7, 11) is 0. The van der Waals surface area contributed by atoms with Gasteiger partial charge in [0.15, 0.2) is 0 Å². The first-order chi connectivity index (χ1) is 10.7. The fourth-order valence-corrected chi connectivity index (χ4v) is 3.89. The first-order valence-electron chi connectivity index (χ1n) is 9.21. The molecule has 0 radical (unpaired) electrons. The van der Waals surface area contributed by atoms with Crippen LogP contribution in [0.15, 0.2) is 18.5 Å². The molecule has 0 atom stereocenters. The van der Waals surface area contributed by atoms with Crippen molar-refractivity contribution in [2.24, 2.45) is 17.8 Å². The SMILES string of the molecule is CC1CCC(/C=C/c2cnc(C3CCC(C)CC3)nc2)CC1. The summed E-state index contributed by atoms with van der Waals surface area (Å²) >= 11 is 0. The highest BCUT2D eigenvalue weighted by atomic mass is 14.9. The van der Waals surface area contributed by atoms with Gasteiger partial charge in [-0.2, -0.15) is 0 Å². The van der Waals surface area contributed by atoms with E-state index in [2.05, 4.69) is 36.0 Å². The van der Waals surface area contributed by atoms with Crippen molar-refractivity contribution in [3.63, 3.8) is 0 Å². The molecule has 2 heteroatoms. The molecule has 22 heavy (non-hydrogen) atoms. The van der Waals surface area contributed by atoms with Crippen molar-refractivity contribution < 1.29 is 0 Å². The number of allylic oxidation sites excluding steroid dienone is 1. The predicted molar refractivity (Wildman–Crippen MR) is 92.6 cm³/mol. The van der Waals surface area contributed by atoms with E-state index < -0.39 is 0 Å². The second-order valence-corrected chi connectivity index (χ2v) is 7.71. The van der Waals surface area contributed by atoms with Crippen LogP contribution in [-0.4, -0.2) is 9.97 Å². The molecule has 2 aliphatic carbocycles. The van der Waals surface area contributed by atoms with Crippen LogP contribution in [0.5, 0.6) is 0 Å². The molecule has 2 fully saturated rings. The van der Waals surface area contributed by atoms with E-state index in [1.807, 2.05) is 12.4 Å². The van der Waals surface area contributed by atoms with Crippen LogP contribution in [0.1, 0.15) is 82.5 Å². The molecular weight excluding hydrogens is 268 g/mol. The third-order valence-corrected chi connectivity index (χ3v) is 5.69. The van der Waals surface area contributed by atoms with Crippen molar-refractivity contribution in [2.45, 2.75) is 71.1 Å². The van der Waals surface area contributed by atoms with Crippen molar-refractivity contribution in [3.05, 3.63) is 29.9 Å². The van der Waals surface area contributed by atoms with E-state index in [1.165, 1.54) is 51.4 Å². The molecule has 0 saturated heterocycles. The van der Waals surface area contributed by atoms with Crippen LogP contribution in [0.3, 0.4) is 0 Å². The van der Waals surface area contributed by atoms with E-state index in [9.17, 15) is 0 Å². The van der Waals surface area contributed by atoms with Gasteiger partial charge in [0.2, 0.25) is 0 Å². The summed E-state index contributed by atoms with van der Waals surface area (Å²) < 4.78 is 0. The van der Waals surface area contributed by atoms with Crippen molar-refractivity contribution in [1.29, 1.82) is 0 Å². The molecule has 0 bridgehead atoms. The van der Waals surface area contributed by atoms with Crippen LogP contribution in [0.2, 0.25) is 0 Å². The van der Waals surface area contributed by atoms with Gasteiger partial charge in [-0.1, -0.05) is 51.7 Å². The van der Waals surface area contributed by atoms with E-state index in [-0.39, 0.29) is 0 Å². The van der Waals surface area contributed by atoms with Gasteiger partial charge < -0.3 is 0 Å². The second-order valence-electron chi connectivity index (χ2n) is 7.71. The molecule has 0 aromatic carbocycles. The molecule has 0 spiro atoms. The zero-order valence-corrected chi connectivity index (χ0v) is 14.2. The summed E-state index contributed by atoms with van der Waals surface area (Å²) in [4.78, 5) is 9.28. The van der Waals surface area contributed by atoms with Crippen molar-refractivity contribution >= 4 is 6.08 Å². The molecule has 120 valence electrons. The average Bonchev–Trinajstić information content (AvgIpc) is 2.56. The van der Waals surface area contributed by atoms with E-state index in [0.29, 0.717) is 5.92 Å². The van der Waals surface area contributed by atoms with Gasteiger partial charge in [0.05, 0.1) is 0 Å². The normalized spacial score (nSPS) is 33.2. The van der Waals surface area contributed by atoms with Gasteiger partial charge in [-0.05, 0) is 43.4 Å². The molecule has 0 amide bonds. The lowest BCUT2D eigenvalue weighted by molar-refractivity contribution is 0.331. The number of hydrogen-bond donors (Lipinski definition) is 0. The first kappa shape index (κ1) is 15.7. The molecule has 1 heterocycles. The Hall–Kier alpha value is -1.18. The predicted octanol–water partition coefficient (Wildman–Crippen LogP) is 5.61. The Labute approximate surface area is 135 Å². The van der Waals surface area contributed by atoms with Crippen LogP contribution < -0.4 is 0 Å². The highest BCUT2D eigenvalue weighted by molar-refractivity contribution is 5.46. The standard InChI is InChI=1S/C20H30N2/c1-15-3-7-17(8-4-15)9-10-18-13-21-20(22-14-18)19-11-5-16(2)6-12-19/h9-10,13-17,19H,3-8,11-12H2,1-2H3/b10-9+. The van der Waals surface area contributed by atoms with Gasteiger partial charge in [0.1, 0.15) is 5.82 Å². The molecular formula is C20H30N2. The summed E-state index contributed by atoms with van der Waals surface area (Å²) in [5, 5.41) is 0. The van der Waals surface area contributed by atoms with E-state index in [4.69, 9.17) is 0 Å². The Bertz CT molecular complexity index is 475. The molecule has 3 rings (SSSR count). The highest BCUT2D eigenvalue weighted by Crippen LogP contribution is 2.34. The summed E-state index contributed by atoms with van der Waals surface area (Å²) in [5.41, 5.74) is 1.16. The minimum absolute atomic E-state index is 0.592. The van der Waals surface area contributed by atoms with Gasteiger partial charge in [-0.25, -0.2) is 9.97 Å². The summed E-state index contributed by atoms with van der Waals surface area (Å²) in [6, 6.07) is 0. The molecule has 0 N–H and O–H groups in total. The third kappa shape index (κ3) is 4.18. The molecule has 2 nitrogen and oxygen atoms in total. The Morgan fingerprint density at radius 3 is 1.95 bits per heavy atom. The minimum atomic E-state index is 0.592. The van der Waals surface area contributed by atoms with Crippen molar-refractivity contribution in [2.75, 3.05) is 0 Å². The summed E-state index contributed by atoms with van der Waals surface area (Å²) in [5.74, 6) is 4.22. The van der Waals surface area contributed by atoms with Crippen LogP contribution >= 0.6 is 0 Å². The number of rotatable bonds is 3. The lowest BCUT2D eigenvalue weighted by Gasteiger charge is -2.25. The summed E-state index contributed by atoms with van der Waals surface area (Å²) in [6.45, 7) is 4.73. The van der Waals surface area contributed by atoms with Crippen molar-refractivity contribution in [1.82, 2.24) is 9.97 Å². The molecule has 1 aromatic heterocycles. The van der Waals surface area contributed by atoms with Crippen LogP contribution in [-0.2, 0) is 0 Å². The van der Waals surface area contributed by atoms with Gasteiger partial charge in [-0.3, -0.25) is 0 Å². The topological polar surface area (TPSA) is 25.8 Å². The van der Waals surface area contributed by atoms with Crippen molar-refractivity contribution in [3.8, 4) is 0 Å². The lowest BCUT2D eigenvalue weighted by Crippen LogP contribution is -2.13. The third-order valence-electron chi connectivity index (χ3n) is 5.69. The number of nitrogens with zero attached hydrogens (tertiary/aromatic N) is 2. The maximum Gasteiger partial charge on any atom is 0.131 e. The second kappa shape index (κ2) is 7.39. The first-order valence-corrected chi connectivity index (χ1v) is 9.21. The maximum atomic E-state index is 4.64. The fraction of sp³-hybridized carbons (Fsp3) is 0.700. The summed E-state index contributed by atoms with van der Waals surface area (Å²) in [6.07, 6.45) is 19.3. The van der Waals surface area contributed by atoms with E-state index in [1.54, 1.807) is 0 Å². The smallest absolute Gasteiger partial charge is 0.131 e. The minimum Gasteiger partial charge on any atom is -0.240 e. The Morgan fingerprint density at radius 1 is 0.818 bits per heavy atom. The number of hydrogen-bond acceptors (Lipinski definition) is 2. The van der Waals surface area contributed by atoms with Crippen LogP contribution in [0, 0.1) is 17.8 Å². The lowest BCUT2D eigenvalue weighted by atomic mass is 9.82. The van der Waals surface area contributed by atoms with Crippen LogP contribution in [0.4, 0.5) is 0 Å². The van der Waals surface area contributed by atoms with Crippen LogP contribution in [0.25, 0.3) is 6.08 Å². The van der Waals surface area contributed by atoms with Gasteiger partial charge in [0, 0.05) is 23.9 Å². The molecule has 2 aliphatic rings. The quantitative estimate of drug-likeness (QED) is 0.725. The largest absolute Gasteiger partial charge is 0.240 e. The van der Waals surface area contributed by atoms with Gasteiger partial charge in [-0.15, -0.1) is 0 Å². The van der Waals surface area contributed by atoms with Gasteiger partial charge >= 0.3 is 0 Å². The Kier molecular flexibility index (Phi) is 5.28. The Morgan fingerprint density at radius 2 is 1.36 bits per heavy atom. The monoisotopic (exact) mass is 298 g/mol. The molecule has 0 aliphatic heterocycles. The van der Waals surface area contributed by atoms with E-state index in [0.717, 1.165) is 29.1 Å². The maximum absolute atomic E-state index is 4.64. The fourth-order valence-electron chi connectivity index (χ4n) is 3.89. The average molecular weight is 298 g/mol. The molecule has 1 aromatic rings. The van der Waals surface area contributed by atoms with Gasteiger partial charge in [0.25, 0.3) is 0 Å². The number of aromatic nitrogens is 2.